The van der Waals surface area contributed by atoms with E-state index in [9.17, 15) is 0 Å². The highest BCUT2D eigenvalue weighted by molar-refractivity contribution is 8.10. The maximum absolute atomic E-state index is 6.01. The van der Waals surface area contributed by atoms with Gasteiger partial charge in [0.2, 0.25) is 0 Å². The van der Waals surface area contributed by atoms with E-state index in [0.717, 1.165) is 52.5 Å². The summed E-state index contributed by atoms with van der Waals surface area (Å²) in [5.74, 6) is 0.976. The third-order valence-corrected chi connectivity index (χ3v) is 6.14. The summed E-state index contributed by atoms with van der Waals surface area (Å²) in [5, 5.41) is 2.21. The summed E-state index contributed by atoms with van der Waals surface area (Å²) in [5.41, 5.74) is 14.2. The van der Waals surface area contributed by atoms with Crippen molar-refractivity contribution in [1.29, 1.82) is 0 Å². The van der Waals surface area contributed by atoms with Gasteiger partial charge in [-0.2, -0.15) is 0 Å². The van der Waals surface area contributed by atoms with Gasteiger partial charge in [-0.3, -0.25) is 0 Å². The zero-order valence-corrected chi connectivity index (χ0v) is 19.4. The van der Waals surface area contributed by atoms with Crippen LogP contribution in [0.4, 0.5) is 5.69 Å². The van der Waals surface area contributed by atoms with Gasteiger partial charge in [-0.05, 0) is 92.0 Å². The summed E-state index contributed by atoms with van der Waals surface area (Å²) >= 11 is 1.69. The number of unbranched alkanes of at least 4 members (excludes halogenated alkanes) is 2. The molecule has 0 saturated carbocycles. The Morgan fingerprint density at radius 3 is 2.52 bits per heavy atom. The maximum atomic E-state index is 6.01. The Hall–Kier alpha value is -2.13. The van der Waals surface area contributed by atoms with E-state index in [1.54, 1.807) is 11.8 Å². The number of anilines is 1. The molecule has 0 bridgehead atoms. The molecule has 0 saturated heterocycles. The molecule has 0 aliphatic rings. The Balaban J connectivity index is 1.97. The Kier molecular flexibility index (Phi) is 8.91. The van der Waals surface area contributed by atoms with Crippen LogP contribution in [0.5, 0.6) is 5.75 Å². The number of allylic oxidation sites excluding steroid dienone is 1. The third-order valence-electron chi connectivity index (χ3n) is 5.10. The SMILES string of the molecule is C=C(S/C=C(\C)Cc1cc(C)c(N)cc1C)c1ccc(OCCCCC)c(C)c1. The van der Waals surface area contributed by atoms with E-state index in [0.29, 0.717) is 0 Å². The van der Waals surface area contributed by atoms with E-state index in [2.05, 4.69) is 76.9 Å². The van der Waals surface area contributed by atoms with Crippen LogP contribution in [0.3, 0.4) is 0 Å². The molecule has 0 unspecified atom stereocenters. The van der Waals surface area contributed by atoms with E-state index in [1.807, 2.05) is 0 Å². The Labute approximate surface area is 181 Å². The molecule has 2 N–H and O–H groups in total. The number of nitrogens with two attached hydrogens (primary N) is 1. The van der Waals surface area contributed by atoms with Gasteiger partial charge in [-0.25, -0.2) is 0 Å². The molecule has 2 nitrogen and oxygen atoms in total. The number of aryl methyl sites for hydroxylation is 3. The molecular weight excluding hydrogens is 374 g/mol. The lowest BCUT2D eigenvalue weighted by Crippen LogP contribution is -1.99. The molecule has 156 valence electrons. The van der Waals surface area contributed by atoms with Gasteiger partial charge < -0.3 is 10.5 Å². The second-order valence-electron chi connectivity index (χ2n) is 7.85. The molecule has 0 heterocycles. The summed E-state index contributed by atoms with van der Waals surface area (Å²) in [6.07, 6.45) is 4.46. The minimum absolute atomic E-state index is 0.787. The Morgan fingerprint density at radius 1 is 1.07 bits per heavy atom. The molecular formula is C26H35NOS. The zero-order chi connectivity index (χ0) is 21.4. The highest BCUT2D eigenvalue weighted by atomic mass is 32.2. The van der Waals surface area contributed by atoms with Crippen LogP contribution in [0.2, 0.25) is 0 Å². The predicted molar refractivity (Wildman–Crippen MR) is 131 cm³/mol. The van der Waals surface area contributed by atoms with Crippen LogP contribution in [0.1, 0.15) is 60.9 Å². The van der Waals surface area contributed by atoms with Crippen LogP contribution in [-0.4, -0.2) is 6.61 Å². The van der Waals surface area contributed by atoms with Crippen molar-refractivity contribution in [3.63, 3.8) is 0 Å². The van der Waals surface area contributed by atoms with E-state index >= 15 is 0 Å². The summed E-state index contributed by atoms with van der Waals surface area (Å²) in [6.45, 7) is 15.7. The smallest absolute Gasteiger partial charge is 0.122 e. The average molecular weight is 410 g/mol. The zero-order valence-electron chi connectivity index (χ0n) is 18.6. The Morgan fingerprint density at radius 2 is 1.83 bits per heavy atom. The van der Waals surface area contributed by atoms with Gasteiger partial charge in [0.15, 0.2) is 0 Å². The molecule has 0 aromatic heterocycles. The molecule has 0 fully saturated rings. The van der Waals surface area contributed by atoms with Crippen molar-refractivity contribution in [3.8, 4) is 5.75 Å². The number of benzene rings is 2. The van der Waals surface area contributed by atoms with E-state index in [-0.39, 0.29) is 0 Å². The van der Waals surface area contributed by atoms with Crippen molar-refractivity contribution in [2.75, 3.05) is 12.3 Å². The molecule has 0 amide bonds. The normalized spacial score (nSPS) is 11.6. The lowest BCUT2D eigenvalue weighted by molar-refractivity contribution is 0.304. The number of rotatable bonds is 10. The van der Waals surface area contributed by atoms with Crippen molar-refractivity contribution in [3.05, 3.63) is 75.7 Å². The number of thioether (sulfide) groups is 1. The molecule has 0 spiro atoms. The molecule has 3 heteroatoms. The molecule has 2 aromatic rings. The first-order valence-corrected chi connectivity index (χ1v) is 11.3. The first kappa shape index (κ1) is 23.2. The Bertz CT molecular complexity index is 883. The minimum atomic E-state index is 0.787. The minimum Gasteiger partial charge on any atom is -0.493 e. The largest absolute Gasteiger partial charge is 0.493 e. The highest BCUT2D eigenvalue weighted by Gasteiger charge is 2.06. The third kappa shape index (κ3) is 7.01. The lowest BCUT2D eigenvalue weighted by atomic mass is 9.99. The monoisotopic (exact) mass is 409 g/mol. The summed E-state index contributed by atoms with van der Waals surface area (Å²) < 4.78 is 5.91. The van der Waals surface area contributed by atoms with Crippen LogP contribution < -0.4 is 10.5 Å². The van der Waals surface area contributed by atoms with Gasteiger partial charge in [0.25, 0.3) is 0 Å². The van der Waals surface area contributed by atoms with Gasteiger partial charge in [0, 0.05) is 10.6 Å². The van der Waals surface area contributed by atoms with E-state index in [1.165, 1.54) is 29.5 Å². The first-order chi connectivity index (χ1) is 13.8. The number of hydrogen-bond donors (Lipinski definition) is 1. The molecule has 2 rings (SSSR count). The van der Waals surface area contributed by atoms with E-state index < -0.39 is 0 Å². The second-order valence-corrected chi connectivity index (χ2v) is 8.82. The van der Waals surface area contributed by atoms with Gasteiger partial charge >= 0.3 is 0 Å². The summed E-state index contributed by atoms with van der Waals surface area (Å²) in [4.78, 5) is 1.05. The molecule has 0 aliphatic heterocycles. The van der Waals surface area contributed by atoms with Crippen LogP contribution in [0.25, 0.3) is 4.91 Å². The van der Waals surface area contributed by atoms with E-state index in [4.69, 9.17) is 10.5 Å². The average Bonchev–Trinajstić information content (AvgIpc) is 2.68. The molecule has 0 atom stereocenters. The first-order valence-electron chi connectivity index (χ1n) is 10.4. The molecule has 2 aromatic carbocycles. The lowest BCUT2D eigenvalue weighted by Gasteiger charge is -2.12. The van der Waals surface area contributed by atoms with Crippen molar-refractivity contribution >= 4 is 22.4 Å². The molecule has 0 radical (unpaired) electrons. The van der Waals surface area contributed by atoms with Gasteiger partial charge in [0.1, 0.15) is 5.75 Å². The fourth-order valence-electron chi connectivity index (χ4n) is 3.19. The van der Waals surface area contributed by atoms with Crippen LogP contribution >= 0.6 is 11.8 Å². The quantitative estimate of drug-likeness (QED) is 0.324. The van der Waals surface area contributed by atoms with Crippen molar-refractivity contribution in [1.82, 2.24) is 0 Å². The maximum Gasteiger partial charge on any atom is 0.122 e. The standard InChI is InChI=1S/C26H35NOS/c1-7-8-9-12-28-26-11-10-23(15-21(26)5)22(6)29-17-18(2)13-24-14-20(4)25(27)16-19(24)3/h10-11,14-17H,6-9,12-13,27H2,1-5H3/b18-17+. The van der Waals surface area contributed by atoms with Crippen LogP contribution in [0.15, 0.2) is 47.9 Å². The molecule has 29 heavy (non-hydrogen) atoms. The number of nitrogen functional groups attached to an aromatic ring is 1. The summed E-state index contributed by atoms with van der Waals surface area (Å²) in [6, 6.07) is 10.6. The van der Waals surface area contributed by atoms with Gasteiger partial charge in [0.05, 0.1) is 6.61 Å². The fraction of sp³-hybridized carbons (Fsp3) is 0.385. The van der Waals surface area contributed by atoms with Crippen molar-refractivity contribution in [2.24, 2.45) is 0 Å². The number of ether oxygens (including phenoxy) is 1. The molecule has 0 aliphatic carbocycles. The van der Waals surface area contributed by atoms with Gasteiger partial charge in [-0.15, -0.1) is 0 Å². The van der Waals surface area contributed by atoms with Crippen LogP contribution in [0, 0.1) is 20.8 Å². The van der Waals surface area contributed by atoms with Crippen LogP contribution in [-0.2, 0) is 6.42 Å². The fourth-order valence-corrected chi connectivity index (χ4v) is 3.88. The summed E-state index contributed by atoms with van der Waals surface area (Å²) in [7, 11) is 0. The van der Waals surface area contributed by atoms with Crippen molar-refractivity contribution in [2.45, 2.75) is 60.3 Å². The van der Waals surface area contributed by atoms with Crippen molar-refractivity contribution < 1.29 is 4.74 Å². The number of hydrogen-bond acceptors (Lipinski definition) is 3. The topological polar surface area (TPSA) is 35.2 Å². The second kappa shape index (κ2) is 11.2. The van der Waals surface area contributed by atoms with Gasteiger partial charge in [-0.1, -0.05) is 55.8 Å². The predicted octanol–water partition coefficient (Wildman–Crippen LogP) is 7.61. The highest BCUT2D eigenvalue weighted by Crippen LogP contribution is 2.31.